The van der Waals surface area contributed by atoms with E-state index in [0.717, 1.165) is 6.92 Å². The van der Waals surface area contributed by atoms with Gasteiger partial charge in [0, 0.05) is 12.8 Å². The van der Waals surface area contributed by atoms with Gasteiger partial charge in [-0.05, 0) is 24.8 Å². The number of nitrogens with one attached hydrogen (secondary N) is 7. The van der Waals surface area contributed by atoms with Crippen molar-refractivity contribution in [3.05, 3.63) is 35.9 Å². The van der Waals surface area contributed by atoms with Crippen molar-refractivity contribution in [2.75, 3.05) is 6.54 Å². The lowest BCUT2D eigenvalue weighted by Crippen LogP contribution is -2.60. The molecule has 0 heterocycles. The van der Waals surface area contributed by atoms with Gasteiger partial charge in [-0.25, -0.2) is 4.79 Å². The number of carbonyl (C=O) groups excluding carboxylic acids is 8. The van der Waals surface area contributed by atoms with Gasteiger partial charge in [-0.2, -0.15) is 0 Å². The molecule has 1 aromatic rings. The molecule has 1 rings (SSSR count). The predicted molar refractivity (Wildman–Crippen MR) is 211 cm³/mol. The molecule has 62 heavy (non-hydrogen) atoms. The molecule has 0 saturated heterocycles. The number of hydrogen-bond acceptors (Lipinski definition) is 13. The summed E-state index contributed by atoms with van der Waals surface area (Å²) in [6.07, 6.45) is -3.59. The molecule has 0 aliphatic rings. The van der Waals surface area contributed by atoms with E-state index in [0.29, 0.717) is 12.0 Å². The van der Waals surface area contributed by atoms with E-state index >= 15 is 0 Å². The fourth-order valence-electron chi connectivity index (χ4n) is 5.35. The molecule has 0 saturated carbocycles. The molecule has 342 valence electrons. The molecular formula is C37H53N9O16. The van der Waals surface area contributed by atoms with Crippen LogP contribution in [-0.2, 0) is 64.0 Å². The maximum atomic E-state index is 13.6. The molecule has 25 heteroatoms. The Hall–Kier alpha value is -7.18. The largest absolute Gasteiger partial charge is 0.481 e. The van der Waals surface area contributed by atoms with Gasteiger partial charge < -0.3 is 69.1 Å². The highest BCUT2D eigenvalue weighted by Crippen LogP contribution is 2.10. The summed E-state index contributed by atoms with van der Waals surface area (Å²) in [6, 6.07) is -3.46. The lowest BCUT2D eigenvalue weighted by atomic mass is 9.98. The molecule has 0 aromatic heterocycles. The van der Waals surface area contributed by atoms with E-state index in [4.69, 9.17) is 16.6 Å². The molecule has 0 bridgehead atoms. The van der Waals surface area contributed by atoms with E-state index in [1.54, 1.807) is 37.3 Å². The van der Waals surface area contributed by atoms with Gasteiger partial charge in [0.05, 0.1) is 31.8 Å². The van der Waals surface area contributed by atoms with E-state index < -0.39 is 152 Å². The van der Waals surface area contributed by atoms with Crippen LogP contribution in [0.25, 0.3) is 0 Å². The molecule has 8 amide bonds. The summed E-state index contributed by atoms with van der Waals surface area (Å²) in [4.78, 5) is 149. The van der Waals surface area contributed by atoms with Gasteiger partial charge in [-0.1, -0.05) is 50.6 Å². The summed E-state index contributed by atoms with van der Waals surface area (Å²) in [5, 5.41) is 52.6. The summed E-state index contributed by atoms with van der Waals surface area (Å²) in [6.45, 7) is 3.50. The fourth-order valence-corrected chi connectivity index (χ4v) is 5.35. The highest BCUT2D eigenvalue weighted by molar-refractivity contribution is 5.99. The Morgan fingerprint density at radius 1 is 0.597 bits per heavy atom. The van der Waals surface area contributed by atoms with Crippen molar-refractivity contribution in [1.82, 2.24) is 37.2 Å². The molecule has 0 radical (unpaired) electrons. The van der Waals surface area contributed by atoms with Crippen molar-refractivity contribution < 1.29 is 78.0 Å². The first-order valence-electron chi connectivity index (χ1n) is 19.0. The Morgan fingerprint density at radius 2 is 1.08 bits per heavy atom. The van der Waals surface area contributed by atoms with Crippen molar-refractivity contribution in [3.63, 3.8) is 0 Å². The van der Waals surface area contributed by atoms with E-state index in [-0.39, 0.29) is 12.8 Å². The average Bonchev–Trinajstić information content (AvgIpc) is 3.18. The van der Waals surface area contributed by atoms with Gasteiger partial charge in [0.15, 0.2) is 0 Å². The molecule has 1 aromatic carbocycles. The minimum atomic E-state index is -1.96. The molecule has 0 unspecified atom stereocenters. The number of primary amides is 1. The number of nitrogens with two attached hydrogens (primary N) is 2. The monoisotopic (exact) mass is 879 g/mol. The summed E-state index contributed by atoms with van der Waals surface area (Å²) in [5.74, 6) is -15.4. The summed E-state index contributed by atoms with van der Waals surface area (Å²) in [5.41, 5.74) is 11.2. The van der Waals surface area contributed by atoms with Gasteiger partial charge in [0.2, 0.25) is 47.3 Å². The van der Waals surface area contributed by atoms with Crippen molar-refractivity contribution >= 4 is 71.1 Å². The molecule has 0 fully saturated rings. The predicted octanol–water partition coefficient (Wildman–Crippen LogP) is -4.58. The van der Waals surface area contributed by atoms with Crippen LogP contribution in [0.4, 0.5) is 0 Å². The molecule has 15 N–H and O–H groups in total. The normalized spacial score (nSPS) is 14.6. The first-order chi connectivity index (χ1) is 28.9. The highest BCUT2D eigenvalue weighted by atomic mass is 16.4. The second-order valence-corrected chi connectivity index (χ2v) is 14.1. The van der Waals surface area contributed by atoms with Gasteiger partial charge >= 0.3 is 23.9 Å². The lowest BCUT2D eigenvalue weighted by Gasteiger charge is -2.26. The van der Waals surface area contributed by atoms with Crippen molar-refractivity contribution in [2.24, 2.45) is 17.4 Å². The quantitative estimate of drug-likeness (QED) is 0.0377. The average molecular weight is 880 g/mol. The summed E-state index contributed by atoms with van der Waals surface area (Å²) in [7, 11) is 0. The van der Waals surface area contributed by atoms with E-state index in [1.165, 1.54) is 6.92 Å². The van der Waals surface area contributed by atoms with Crippen molar-refractivity contribution in [3.8, 4) is 0 Å². The van der Waals surface area contributed by atoms with Crippen LogP contribution in [0.5, 0.6) is 0 Å². The number of benzene rings is 1. The van der Waals surface area contributed by atoms with Crippen LogP contribution in [0.15, 0.2) is 30.3 Å². The third kappa shape index (κ3) is 19.7. The van der Waals surface area contributed by atoms with Gasteiger partial charge in [-0.3, -0.25) is 52.7 Å². The van der Waals surface area contributed by atoms with Crippen molar-refractivity contribution in [1.29, 1.82) is 0 Å². The van der Waals surface area contributed by atoms with E-state index in [9.17, 15) is 72.9 Å². The van der Waals surface area contributed by atoms with Gasteiger partial charge in [0.1, 0.15) is 36.3 Å². The molecule has 8 atom stereocenters. The zero-order valence-electron chi connectivity index (χ0n) is 34.0. The van der Waals surface area contributed by atoms with Crippen LogP contribution in [-0.4, -0.2) is 140 Å². The van der Waals surface area contributed by atoms with Crippen LogP contribution in [0, 0.1) is 5.92 Å². The first-order valence-corrected chi connectivity index (χ1v) is 19.0. The number of rotatable bonds is 28. The number of carboxylic acid groups (broad SMARTS) is 4. The number of carbonyl (C=O) groups is 12. The van der Waals surface area contributed by atoms with Crippen molar-refractivity contribution in [2.45, 2.75) is 108 Å². The maximum absolute atomic E-state index is 13.6. The Balaban J connectivity index is 3.22. The zero-order chi connectivity index (χ0) is 47.3. The van der Waals surface area contributed by atoms with Crippen LogP contribution >= 0.6 is 0 Å². The number of aliphatic carboxylic acids is 4. The summed E-state index contributed by atoms with van der Waals surface area (Å²) >= 11 is 0. The smallest absolute Gasteiger partial charge is 0.326 e. The lowest BCUT2D eigenvalue weighted by molar-refractivity contribution is -0.145. The molecule has 0 spiro atoms. The van der Waals surface area contributed by atoms with Crippen LogP contribution in [0.1, 0.15) is 64.9 Å². The van der Waals surface area contributed by atoms with Gasteiger partial charge in [0.25, 0.3) is 0 Å². The standard InChI is InChI=1S/C37H53N9O16/c1-4-17(2)30(37(61)62)46-36(60)24(15-29(53)54)45-34(58)21(12-19-8-6-5-7-9-19)43-31(55)18(3)41-33(57)23(14-28(51)52)44-35(59)22(13-25(39)47)42-26(48)16-40-32(56)20(38)10-11-27(49)50/h5-9,17-18,20-24,30H,4,10-16,38H2,1-3H3,(H2,39,47)(H,40,56)(H,41,57)(H,42,48)(H,43,55)(H,44,59)(H,45,58)(H,46,60)(H,49,50)(H,51,52)(H,53,54)(H,61,62)/t17-,18-,20-,21-,22-,23-,24-,30-/m0/s1. The fraction of sp³-hybridized carbons (Fsp3) is 0.514. The Morgan fingerprint density at radius 3 is 1.56 bits per heavy atom. The second kappa shape index (κ2) is 26.1. The Bertz CT molecular complexity index is 1830. The minimum Gasteiger partial charge on any atom is -0.481 e. The third-order valence-corrected chi connectivity index (χ3v) is 8.95. The zero-order valence-corrected chi connectivity index (χ0v) is 34.0. The minimum absolute atomic E-state index is 0.253. The molecule has 0 aliphatic carbocycles. The SMILES string of the molecule is CC[C@H](C)[C@H](NC(=O)[C@H](CC(=O)O)NC(=O)[C@H](Cc1ccccc1)NC(=O)[C@H](C)NC(=O)[C@H](CC(=O)O)NC(=O)[C@H](CC(N)=O)NC(=O)CNC(=O)[C@@H](N)CCC(=O)O)C(=O)O. The Labute approximate surface area is 353 Å². The maximum Gasteiger partial charge on any atom is 0.326 e. The Kier molecular flexibility index (Phi) is 22.3. The summed E-state index contributed by atoms with van der Waals surface area (Å²) < 4.78 is 0. The molecule has 0 aliphatic heterocycles. The van der Waals surface area contributed by atoms with Crippen LogP contribution in [0.3, 0.4) is 0 Å². The van der Waals surface area contributed by atoms with E-state index in [2.05, 4.69) is 31.9 Å². The molecule has 25 nitrogen and oxygen atoms in total. The second-order valence-electron chi connectivity index (χ2n) is 14.1. The third-order valence-electron chi connectivity index (χ3n) is 8.95. The van der Waals surface area contributed by atoms with Gasteiger partial charge in [-0.15, -0.1) is 0 Å². The molecular weight excluding hydrogens is 826 g/mol. The topological polar surface area (TPSA) is 422 Å². The highest BCUT2D eigenvalue weighted by Gasteiger charge is 2.35. The number of carboxylic acids is 4. The van der Waals surface area contributed by atoms with Crippen LogP contribution < -0.4 is 48.7 Å². The number of amides is 8. The first kappa shape index (κ1) is 52.8. The number of hydrogen-bond donors (Lipinski definition) is 13. The van der Waals surface area contributed by atoms with E-state index in [1.807, 2.05) is 5.32 Å². The van der Waals surface area contributed by atoms with Crippen LogP contribution in [0.2, 0.25) is 0 Å².